The van der Waals surface area contributed by atoms with Gasteiger partial charge in [0, 0.05) is 23.0 Å². The Labute approximate surface area is 100 Å². The van der Waals surface area contributed by atoms with Gasteiger partial charge in [0.05, 0.1) is 5.08 Å². The lowest BCUT2D eigenvalue weighted by molar-refractivity contribution is 1.47. The third-order valence-corrected chi connectivity index (χ3v) is 5.52. The molecule has 0 heterocycles. The van der Waals surface area contributed by atoms with Gasteiger partial charge < -0.3 is 0 Å². The molecule has 0 aliphatic rings. The molecule has 0 saturated carbocycles. The average molecular weight is 256 g/mol. The summed E-state index contributed by atoms with van der Waals surface area (Å²) in [5.41, 5.74) is 0. The van der Waals surface area contributed by atoms with Crippen molar-refractivity contribution in [3.63, 3.8) is 0 Å². The van der Waals surface area contributed by atoms with Crippen LogP contribution in [0.5, 0.6) is 0 Å². The third kappa shape index (κ3) is 13.4. The highest BCUT2D eigenvalue weighted by atomic mass is 32.2. The van der Waals surface area contributed by atoms with Crippen LogP contribution < -0.4 is 0 Å². The van der Waals surface area contributed by atoms with Gasteiger partial charge in [-0.05, 0) is 11.5 Å². The Hall–Kier alpha value is 1.40. The van der Waals surface area contributed by atoms with E-state index in [1.54, 1.807) is 0 Å². The Morgan fingerprint density at radius 1 is 0.769 bits per heavy atom. The molecule has 0 aliphatic heterocycles. The highest BCUT2D eigenvalue weighted by Crippen LogP contribution is 2.20. The molecule has 0 fully saturated rings. The monoisotopic (exact) mass is 255 g/mol. The summed E-state index contributed by atoms with van der Waals surface area (Å²) in [6.07, 6.45) is 0. The average Bonchev–Trinajstić information content (AvgIpc) is 2.16. The normalized spacial score (nSPS) is 10.6. The number of thioether (sulfide) groups is 4. The summed E-state index contributed by atoms with van der Waals surface area (Å²) in [5, 5.41) is 2.30. The van der Waals surface area contributed by atoms with Gasteiger partial charge in [0.15, 0.2) is 0 Å². The van der Waals surface area contributed by atoms with Crippen LogP contribution in [0.15, 0.2) is 0 Å². The molecule has 1 radical (unpaired) electrons. The van der Waals surface area contributed by atoms with Crippen molar-refractivity contribution in [3.05, 3.63) is 5.08 Å². The molecule has 0 bridgehead atoms. The minimum Gasteiger partial charge on any atom is -0.161 e. The molecule has 0 aromatic rings. The third-order valence-electron chi connectivity index (χ3n) is 1.24. The molecule has 0 aromatic heterocycles. The van der Waals surface area contributed by atoms with Crippen molar-refractivity contribution in [2.45, 2.75) is 13.8 Å². The molecule has 79 valence electrons. The highest BCUT2D eigenvalue weighted by molar-refractivity contribution is 8.19. The van der Waals surface area contributed by atoms with E-state index in [9.17, 15) is 0 Å². The second kappa shape index (κ2) is 13.4. The van der Waals surface area contributed by atoms with Crippen LogP contribution in [0.3, 0.4) is 0 Å². The van der Waals surface area contributed by atoms with E-state index in [4.69, 9.17) is 0 Å². The molecule has 0 rings (SSSR count). The molecule has 0 atom stereocenters. The molecule has 0 N–H and O–H groups in total. The van der Waals surface area contributed by atoms with Crippen LogP contribution in [0.2, 0.25) is 0 Å². The lowest BCUT2D eigenvalue weighted by Crippen LogP contribution is -1.85. The smallest absolute Gasteiger partial charge is 0.0712 e. The first-order valence-corrected chi connectivity index (χ1v) is 9.02. The van der Waals surface area contributed by atoms with Crippen LogP contribution in [0.1, 0.15) is 13.8 Å². The van der Waals surface area contributed by atoms with Crippen molar-refractivity contribution in [1.29, 1.82) is 0 Å². The predicted octanol–water partition coefficient (Wildman–Crippen LogP) is 4.08. The quantitative estimate of drug-likeness (QED) is 0.539. The summed E-state index contributed by atoms with van der Waals surface area (Å²) in [6.45, 7) is 4.44. The van der Waals surface area contributed by atoms with E-state index in [0.29, 0.717) is 0 Å². The van der Waals surface area contributed by atoms with Crippen LogP contribution in [0.25, 0.3) is 0 Å². The standard InChI is InChI=1S/C9H19S4/c1-3-10-5-7-12-9-13-8-6-11-4-2/h9H,3-8H2,1-2H3. The SMILES string of the molecule is CCSCCS[CH]SCCSCC. The van der Waals surface area contributed by atoms with Gasteiger partial charge in [0.25, 0.3) is 0 Å². The summed E-state index contributed by atoms with van der Waals surface area (Å²) in [4.78, 5) is 0. The topological polar surface area (TPSA) is 0 Å². The fourth-order valence-corrected chi connectivity index (χ4v) is 4.09. The number of hydrogen-bond donors (Lipinski definition) is 0. The van der Waals surface area contributed by atoms with Crippen LogP contribution >= 0.6 is 47.0 Å². The zero-order valence-corrected chi connectivity index (χ0v) is 11.7. The fourth-order valence-electron chi connectivity index (χ4n) is 0.647. The first-order valence-electron chi connectivity index (χ1n) is 4.62. The summed E-state index contributed by atoms with van der Waals surface area (Å²) < 4.78 is 0. The van der Waals surface area contributed by atoms with E-state index >= 15 is 0 Å². The molecule has 0 spiro atoms. The Morgan fingerprint density at radius 2 is 1.23 bits per heavy atom. The van der Waals surface area contributed by atoms with Gasteiger partial charge in [-0.2, -0.15) is 23.5 Å². The maximum atomic E-state index is 2.30. The number of rotatable bonds is 10. The van der Waals surface area contributed by atoms with Crippen LogP contribution in [-0.4, -0.2) is 34.5 Å². The minimum absolute atomic E-state index is 1.25. The van der Waals surface area contributed by atoms with Gasteiger partial charge >= 0.3 is 0 Å². The lowest BCUT2D eigenvalue weighted by Gasteiger charge is -2.00. The van der Waals surface area contributed by atoms with Crippen LogP contribution in [0, 0.1) is 5.08 Å². The molecule has 0 aromatic carbocycles. The molecule has 0 amide bonds. The number of hydrogen-bond acceptors (Lipinski definition) is 4. The zero-order chi connectivity index (χ0) is 9.78. The predicted molar refractivity (Wildman–Crippen MR) is 75.2 cm³/mol. The molecule has 0 aliphatic carbocycles. The Balaban J connectivity index is 2.76. The van der Waals surface area contributed by atoms with Crippen molar-refractivity contribution >= 4 is 47.0 Å². The van der Waals surface area contributed by atoms with E-state index in [-0.39, 0.29) is 0 Å². The van der Waals surface area contributed by atoms with E-state index in [1.165, 1.54) is 34.5 Å². The Bertz CT molecular complexity index is 77.7. The summed E-state index contributed by atoms with van der Waals surface area (Å²) in [6, 6.07) is 0. The van der Waals surface area contributed by atoms with Crippen LogP contribution in [0.4, 0.5) is 0 Å². The van der Waals surface area contributed by atoms with Gasteiger partial charge in [-0.1, -0.05) is 13.8 Å². The summed E-state index contributed by atoms with van der Waals surface area (Å²) >= 11 is 7.97. The molecule has 0 saturated heterocycles. The van der Waals surface area contributed by atoms with E-state index in [0.717, 1.165) is 0 Å². The van der Waals surface area contributed by atoms with E-state index in [2.05, 4.69) is 18.9 Å². The molecule has 0 unspecified atom stereocenters. The maximum Gasteiger partial charge on any atom is 0.0712 e. The zero-order valence-electron chi connectivity index (χ0n) is 8.45. The summed E-state index contributed by atoms with van der Waals surface area (Å²) in [5.74, 6) is 7.63. The van der Waals surface area contributed by atoms with Crippen molar-refractivity contribution < 1.29 is 0 Å². The van der Waals surface area contributed by atoms with Gasteiger partial charge in [-0.25, -0.2) is 0 Å². The molecular weight excluding hydrogens is 236 g/mol. The van der Waals surface area contributed by atoms with Crippen molar-refractivity contribution in [3.8, 4) is 0 Å². The second-order valence-electron chi connectivity index (χ2n) is 2.23. The first kappa shape index (κ1) is 14.4. The maximum absolute atomic E-state index is 2.30. The highest BCUT2D eigenvalue weighted by Gasteiger charge is 1.91. The Morgan fingerprint density at radius 3 is 1.62 bits per heavy atom. The Kier molecular flexibility index (Phi) is 14.8. The molecule has 4 heteroatoms. The molecular formula is C9H19S4. The minimum atomic E-state index is 1.25. The van der Waals surface area contributed by atoms with Crippen molar-refractivity contribution in [2.24, 2.45) is 0 Å². The molecule has 0 nitrogen and oxygen atoms in total. The van der Waals surface area contributed by atoms with Crippen molar-refractivity contribution in [2.75, 3.05) is 34.5 Å². The van der Waals surface area contributed by atoms with Gasteiger partial charge in [-0.15, -0.1) is 23.5 Å². The van der Waals surface area contributed by atoms with E-state index in [1.807, 2.05) is 47.0 Å². The largest absolute Gasteiger partial charge is 0.161 e. The lowest BCUT2D eigenvalue weighted by atomic mass is 10.9. The van der Waals surface area contributed by atoms with Gasteiger partial charge in [0.2, 0.25) is 0 Å². The fraction of sp³-hybridized carbons (Fsp3) is 0.889. The summed E-state index contributed by atoms with van der Waals surface area (Å²) in [7, 11) is 0. The van der Waals surface area contributed by atoms with Crippen molar-refractivity contribution in [1.82, 2.24) is 0 Å². The van der Waals surface area contributed by atoms with Gasteiger partial charge in [0.1, 0.15) is 0 Å². The van der Waals surface area contributed by atoms with E-state index < -0.39 is 0 Å². The van der Waals surface area contributed by atoms with Gasteiger partial charge in [-0.3, -0.25) is 0 Å². The first-order chi connectivity index (χ1) is 6.41. The second-order valence-corrected chi connectivity index (χ2v) is 7.27. The van der Waals surface area contributed by atoms with Crippen LogP contribution in [-0.2, 0) is 0 Å². The molecule has 13 heavy (non-hydrogen) atoms.